The summed E-state index contributed by atoms with van der Waals surface area (Å²) in [5, 5.41) is 9.33. The fourth-order valence-electron chi connectivity index (χ4n) is 2.90. The van der Waals surface area contributed by atoms with Crippen LogP contribution in [-0.2, 0) is 0 Å². The minimum atomic E-state index is -0.646. The van der Waals surface area contributed by atoms with Gasteiger partial charge in [-0.15, -0.1) is 0 Å². The van der Waals surface area contributed by atoms with E-state index in [-0.39, 0.29) is 0 Å². The highest BCUT2D eigenvalue weighted by molar-refractivity contribution is 5.38. The van der Waals surface area contributed by atoms with E-state index in [0.29, 0.717) is 12.5 Å². The van der Waals surface area contributed by atoms with Crippen LogP contribution in [0.25, 0.3) is 0 Å². The van der Waals surface area contributed by atoms with E-state index in [1.165, 1.54) is 0 Å². The number of hydrogen-bond acceptors (Lipinski definition) is 5. The van der Waals surface area contributed by atoms with E-state index < -0.39 is 5.54 Å². The third-order valence-electron chi connectivity index (χ3n) is 4.34. The highest BCUT2D eigenvalue weighted by Crippen LogP contribution is 2.38. The molecule has 2 aliphatic rings. The molecule has 1 aromatic rings. The number of anilines is 1. The Hall–Kier alpha value is -1.64. The van der Waals surface area contributed by atoms with Crippen LogP contribution >= 0.6 is 0 Å². The molecule has 5 nitrogen and oxygen atoms in total. The van der Waals surface area contributed by atoms with Crippen LogP contribution in [0.2, 0.25) is 0 Å². The summed E-state index contributed by atoms with van der Waals surface area (Å²) in [7, 11) is 0. The van der Waals surface area contributed by atoms with Crippen LogP contribution in [0.1, 0.15) is 12.8 Å². The molecular formula is C15H21N5. The number of hydrogen-bond donors (Lipinski definition) is 1. The summed E-state index contributed by atoms with van der Waals surface area (Å²) < 4.78 is 0. The second-order valence-corrected chi connectivity index (χ2v) is 5.88. The lowest BCUT2D eigenvalue weighted by Crippen LogP contribution is -2.56. The van der Waals surface area contributed by atoms with Crippen molar-refractivity contribution in [3.63, 3.8) is 0 Å². The summed E-state index contributed by atoms with van der Waals surface area (Å²) in [6, 6.07) is 8.34. The average Bonchev–Trinajstić information content (AvgIpc) is 3.34. The molecule has 1 saturated carbocycles. The third kappa shape index (κ3) is 2.77. The minimum Gasteiger partial charge on any atom is -0.354 e. The molecule has 106 valence electrons. The summed E-state index contributed by atoms with van der Waals surface area (Å²) in [4.78, 5) is 9.00. The van der Waals surface area contributed by atoms with Gasteiger partial charge < -0.3 is 10.6 Å². The van der Waals surface area contributed by atoms with Crippen molar-refractivity contribution in [1.29, 1.82) is 5.26 Å². The zero-order valence-electron chi connectivity index (χ0n) is 11.7. The number of pyridine rings is 1. The molecule has 1 aliphatic heterocycles. The SMILES string of the molecule is N#CC(N)(CN1CCN(c2ccccn2)CC1)C1CC1. The van der Waals surface area contributed by atoms with Crippen LogP contribution < -0.4 is 10.6 Å². The van der Waals surface area contributed by atoms with Crippen molar-refractivity contribution in [3.8, 4) is 6.07 Å². The Morgan fingerprint density at radius 3 is 2.60 bits per heavy atom. The molecule has 1 unspecified atom stereocenters. The van der Waals surface area contributed by atoms with Gasteiger partial charge in [-0.2, -0.15) is 5.26 Å². The molecule has 0 spiro atoms. The van der Waals surface area contributed by atoms with Crippen molar-refractivity contribution >= 4 is 5.82 Å². The van der Waals surface area contributed by atoms with Crippen molar-refractivity contribution in [3.05, 3.63) is 24.4 Å². The molecule has 3 rings (SSSR count). The number of rotatable bonds is 4. The van der Waals surface area contributed by atoms with Crippen LogP contribution in [0, 0.1) is 17.2 Å². The number of nitrogens with zero attached hydrogens (tertiary/aromatic N) is 4. The number of nitrogens with two attached hydrogens (primary N) is 1. The Labute approximate surface area is 120 Å². The molecule has 1 aliphatic carbocycles. The molecule has 0 radical (unpaired) electrons. The lowest BCUT2D eigenvalue weighted by atomic mass is 9.95. The first-order chi connectivity index (χ1) is 9.71. The van der Waals surface area contributed by atoms with Gasteiger partial charge in [-0.3, -0.25) is 4.90 Å². The standard InChI is InChI=1S/C15H21N5/c16-11-15(17,13-4-5-13)12-19-7-9-20(10-8-19)14-3-1-2-6-18-14/h1-3,6,13H,4-5,7-10,12,17H2. The molecular weight excluding hydrogens is 250 g/mol. The first-order valence-electron chi connectivity index (χ1n) is 7.30. The second-order valence-electron chi connectivity index (χ2n) is 5.88. The number of piperazine rings is 1. The molecule has 1 aromatic heterocycles. The van der Waals surface area contributed by atoms with E-state index in [1.54, 1.807) is 0 Å². The number of nitriles is 1. The van der Waals surface area contributed by atoms with Crippen molar-refractivity contribution in [1.82, 2.24) is 9.88 Å². The molecule has 0 bridgehead atoms. The Kier molecular flexibility index (Phi) is 3.60. The summed E-state index contributed by atoms with van der Waals surface area (Å²) in [5.74, 6) is 1.44. The molecule has 0 amide bonds. The van der Waals surface area contributed by atoms with Crippen LogP contribution in [0.15, 0.2) is 24.4 Å². The van der Waals surface area contributed by atoms with Crippen molar-refractivity contribution in [2.24, 2.45) is 11.7 Å². The van der Waals surface area contributed by atoms with Gasteiger partial charge >= 0.3 is 0 Å². The molecule has 20 heavy (non-hydrogen) atoms. The second kappa shape index (κ2) is 5.39. The molecule has 2 heterocycles. The zero-order chi connectivity index (χ0) is 14.0. The van der Waals surface area contributed by atoms with Crippen LogP contribution in [0.5, 0.6) is 0 Å². The lowest BCUT2D eigenvalue weighted by Gasteiger charge is -2.38. The zero-order valence-corrected chi connectivity index (χ0v) is 11.7. The van der Waals surface area contributed by atoms with Crippen LogP contribution in [0.4, 0.5) is 5.82 Å². The van der Waals surface area contributed by atoms with Crippen LogP contribution in [-0.4, -0.2) is 48.1 Å². The summed E-state index contributed by atoms with van der Waals surface area (Å²) in [6.45, 7) is 4.49. The molecule has 2 fully saturated rings. The molecule has 0 aromatic carbocycles. The van der Waals surface area contributed by atoms with Crippen molar-refractivity contribution < 1.29 is 0 Å². The quantitative estimate of drug-likeness (QED) is 0.878. The smallest absolute Gasteiger partial charge is 0.128 e. The van der Waals surface area contributed by atoms with Gasteiger partial charge in [0.25, 0.3) is 0 Å². The van der Waals surface area contributed by atoms with E-state index in [9.17, 15) is 5.26 Å². The maximum atomic E-state index is 9.33. The fourth-order valence-corrected chi connectivity index (χ4v) is 2.90. The maximum absolute atomic E-state index is 9.33. The van der Waals surface area contributed by atoms with E-state index >= 15 is 0 Å². The number of aromatic nitrogens is 1. The highest BCUT2D eigenvalue weighted by atomic mass is 15.3. The Bertz CT molecular complexity index is 485. The van der Waals surface area contributed by atoms with Crippen molar-refractivity contribution in [2.45, 2.75) is 18.4 Å². The molecule has 1 saturated heterocycles. The Morgan fingerprint density at radius 1 is 1.30 bits per heavy atom. The van der Waals surface area contributed by atoms with Gasteiger partial charge in [0.15, 0.2) is 0 Å². The summed E-state index contributed by atoms with van der Waals surface area (Å²) >= 11 is 0. The lowest BCUT2D eigenvalue weighted by molar-refractivity contribution is 0.210. The normalized spacial score (nSPS) is 23.1. The molecule has 1 atom stereocenters. The topological polar surface area (TPSA) is 69.2 Å². The fraction of sp³-hybridized carbons (Fsp3) is 0.600. The highest BCUT2D eigenvalue weighted by Gasteiger charge is 2.43. The van der Waals surface area contributed by atoms with Crippen molar-refractivity contribution in [2.75, 3.05) is 37.6 Å². The predicted molar refractivity (Wildman–Crippen MR) is 78.1 cm³/mol. The van der Waals surface area contributed by atoms with E-state index in [2.05, 4.69) is 20.9 Å². The Balaban J connectivity index is 1.55. The molecule has 2 N–H and O–H groups in total. The van der Waals surface area contributed by atoms with Gasteiger partial charge in [0.2, 0.25) is 0 Å². The van der Waals surface area contributed by atoms with Gasteiger partial charge in [0, 0.05) is 38.9 Å². The maximum Gasteiger partial charge on any atom is 0.128 e. The molecule has 5 heteroatoms. The summed E-state index contributed by atoms with van der Waals surface area (Å²) in [6.07, 6.45) is 4.05. The van der Waals surface area contributed by atoms with E-state index in [4.69, 9.17) is 5.73 Å². The average molecular weight is 271 g/mol. The van der Waals surface area contributed by atoms with Gasteiger partial charge in [0.1, 0.15) is 11.4 Å². The van der Waals surface area contributed by atoms with Gasteiger partial charge in [0.05, 0.1) is 6.07 Å². The van der Waals surface area contributed by atoms with Gasteiger partial charge in [-0.1, -0.05) is 6.07 Å². The summed E-state index contributed by atoms with van der Waals surface area (Å²) in [5.41, 5.74) is 5.60. The third-order valence-corrected chi connectivity index (χ3v) is 4.34. The predicted octanol–water partition coefficient (Wildman–Crippen LogP) is 0.835. The van der Waals surface area contributed by atoms with Crippen LogP contribution in [0.3, 0.4) is 0 Å². The first-order valence-corrected chi connectivity index (χ1v) is 7.30. The monoisotopic (exact) mass is 271 g/mol. The Morgan fingerprint density at radius 2 is 2.05 bits per heavy atom. The van der Waals surface area contributed by atoms with E-state index in [1.807, 2.05) is 24.4 Å². The first kappa shape index (κ1) is 13.3. The van der Waals surface area contributed by atoms with E-state index in [0.717, 1.165) is 44.8 Å². The largest absolute Gasteiger partial charge is 0.354 e. The van der Waals surface area contributed by atoms with Gasteiger partial charge in [-0.25, -0.2) is 4.98 Å². The van der Waals surface area contributed by atoms with Gasteiger partial charge in [-0.05, 0) is 30.9 Å². The minimum absolute atomic E-state index is 0.404.